The molecule has 2 aromatic carbocycles. The zero-order valence-electron chi connectivity index (χ0n) is 15.9. The molecule has 0 radical (unpaired) electrons. The molecule has 0 saturated carbocycles. The Bertz CT molecular complexity index is 888. The number of hydrogen-bond acceptors (Lipinski definition) is 2. The third kappa shape index (κ3) is 3.36. The fraction of sp³-hybridized carbons (Fsp3) is 0.391. The summed E-state index contributed by atoms with van der Waals surface area (Å²) in [6.07, 6.45) is 6.86. The lowest BCUT2D eigenvalue weighted by molar-refractivity contribution is 0.462. The van der Waals surface area contributed by atoms with Gasteiger partial charge in [-0.2, -0.15) is 0 Å². The van der Waals surface area contributed by atoms with E-state index in [0.717, 1.165) is 31.6 Å². The Labute approximate surface area is 156 Å². The van der Waals surface area contributed by atoms with Crippen LogP contribution in [0.2, 0.25) is 0 Å². The van der Waals surface area contributed by atoms with Crippen molar-refractivity contribution in [2.45, 2.75) is 45.4 Å². The average molecular weight is 348 g/mol. The first-order chi connectivity index (χ1) is 12.8. The second-order valence-corrected chi connectivity index (χ2v) is 7.34. The largest absolute Gasteiger partial charge is 0.361 e. The molecule has 0 atom stereocenters. The molecule has 1 aliphatic rings. The maximum atomic E-state index is 3.58. The molecule has 3 heteroatoms. The van der Waals surface area contributed by atoms with Crippen molar-refractivity contribution in [1.82, 2.24) is 10.3 Å². The Hall–Kier alpha value is -2.26. The first-order valence-corrected chi connectivity index (χ1v) is 9.99. The van der Waals surface area contributed by atoms with Gasteiger partial charge in [0.1, 0.15) is 0 Å². The monoisotopic (exact) mass is 347 g/mol. The molecule has 3 nitrogen and oxygen atoms in total. The van der Waals surface area contributed by atoms with Gasteiger partial charge in [0.15, 0.2) is 0 Å². The van der Waals surface area contributed by atoms with Crippen LogP contribution in [0.1, 0.15) is 49.3 Å². The smallest absolute Gasteiger partial charge is 0.0477 e. The van der Waals surface area contributed by atoms with Crippen LogP contribution in [-0.4, -0.2) is 18.1 Å². The van der Waals surface area contributed by atoms with Crippen molar-refractivity contribution in [3.63, 3.8) is 0 Å². The van der Waals surface area contributed by atoms with Gasteiger partial charge in [0, 0.05) is 28.5 Å². The molecule has 1 fully saturated rings. The van der Waals surface area contributed by atoms with Gasteiger partial charge in [0.2, 0.25) is 0 Å². The minimum absolute atomic E-state index is 0.678. The summed E-state index contributed by atoms with van der Waals surface area (Å²) >= 11 is 0. The quantitative estimate of drug-likeness (QED) is 0.570. The molecular formula is C23H29N3. The standard InChI is InChI=1S/C23H29N3/c1-3-16-5-6-19(13-17(16)4-2)26-20-7-8-21-22(15-25-23(21)14-20)18-9-11-24-12-10-18/h5-8,13-15,18,24-26H,3-4,9-12H2,1-2H3. The molecule has 0 bridgehead atoms. The number of aromatic nitrogens is 1. The summed E-state index contributed by atoms with van der Waals surface area (Å²) < 4.78 is 0. The molecule has 0 amide bonds. The number of piperidine rings is 1. The van der Waals surface area contributed by atoms with Crippen LogP contribution in [0, 0.1) is 0 Å². The Morgan fingerprint density at radius 3 is 2.42 bits per heavy atom. The Kier molecular flexibility index (Phi) is 4.98. The highest BCUT2D eigenvalue weighted by Crippen LogP contribution is 2.33. The lowest BCUT2D eigenvalue weighted by Gasteiger charge is -2.22. The number of hydrogen-bond donors (Lipinski definition) is 3. The van der Waals surface area contributed by atoms with Crippen LogP contribution in [0.25, 0.3) is 10.9 Å². The molecule has 0 unspecified atom stereocenters. The van der Waals surface area contributed by atoms with Crippen LogP contribution < -0.4 is 10.6 Å². The highest BCUT2D eigenvalue weighted by atomic mass is 14.9. The number of aryl methyl sites for hydroxylation is 2. The lowest BCUT2D eigenvalue weighted by Crippen LogP contribution is -2.26. The van der Waals surface area contributed by atoms with E-state index < -0.39 is 0 Å². The summed E-state index contributed by atoms with van der Waals surface area (Å²) in [6, 6.07) is 13.4. The van der Waals surface area contributed by atoms with Crippen LogP contribution in [-0.2, 0) is 12.8 Å². The summed E-state index contributed by atoms with van der Waals surface area (Å²) in [4.78, 5) is 3.49. The topological polar surface area (TPSA) is 39.8 Å². The summed E-state index contributed by atoms with van der Waals surface area (Å²) in [5, 5.41) is 8.41. The molecule has 4 rings (SSSR count). The third-order valence-corrected chi connectivity index (χ3v) is 5.75. The van der Waals surface area contributed by atoms with Gasteiger partial charge in [0.25, 0.3) is 0 Å². The van der Waals surface area contributed by atoms with Crippen molar-refractivity contribution in [3.8, 4) is 0 Å². The lowest BCUT2D eigenvalue weighted by atomic mass is 9.90. The molecule has 26 heavy (non-hydrogen) atoms. The summed E-state index contributed by atoms with van der Waals surface area (Å²) in [5.74, 6) is 0.678. The molecule has 3 aromatic rings. The van der Waals surface area contributed by atoms with Gasteiger partial charge in [-0.25, -0.2) is 0 Å². The van der Waals surface area contributed by atoms with E-state index in [0.29, 0.717) is 5.92 Å². The number of fused-ring (bicyclic) bond motifs is 1. The summed E-state index contributed by atoms with van der Waals surface area (Å²) in [6.45, 7) is 6.71. The average Bonchev–Trinajstić information content (AvgIpc) is 3.12. The van der Waals surface area contributed by atoms with E-state index in [4.69, 9.17) is 0 Å². The zero-order valence-corrected chi connectivity index (χ0v) is 15.9. The van der Waals surface area contributed by atoms with Crippen LogP contribution in [0.3, 0.4) is 0 Å². The highest BCUT2D eigenvalue weighted by molar-refractivity contribution is 5.87. The predicted molar refractivity (Wildman–Crippen MR) is 112 cm³/mol. The van der Waals surface area contributed by atoms with E-state index in [2.05, 4.69) is 72.1 Å². The Balaban J connectivity index is 1.58. The van der Waals surface area contributed by atoms with Crippen molar-refractivity contribution in [2.24, 2.45) is 0 Å². The number of rotatable bonds is 5. The second-order valence-electron chi connectivity index (χ2n) is 7.34. The van der Waals surface area contributed by atoms with Gasteiger partial charge >= 0.3 is 0 Å². The first kappa shape index (κ1) is 17.2. The van der Waals surface area contributed by atoms with Gasteiger partial charge in [-0.3, -0.25) is 0 Å². The van der Waals surface area contributed by atoms with Gasteiger partial charge in [-0.1, -0.05) is 26.0 Å². The minimum Gasteiger partial charge on any atom is -0.361 e. The minimum atomic E-state index is 0.678. The van der Waals surface area contributed by atoms with Crippen molar-refractivity contribution in [1.29, 1.82) is 0 Å². The van der Waals surface area contributed by atoms with Crippen molar-refractivity contribution >= 4 is 22.3 Å². The van der Waals surface area contributed by atoms with Gasteiger partial charge in [-0.05, 0) is 85.6 Å². The third-order valence-electron chi connectivity index (χ3n) is 5.75. The molecule has 0 spiro atoms. The van der Waals surface area contributed by atoms with Gasteiger partial charge in [0.05, 0.1) is 0 Å². The number of benzene rings is 2. The van der Waals surface area contributed by atoms with Gasteiger partial charge in [-0.15, -0.1) is 0 Å². The van der Waals surface area contributed by atoms with Crippen molar-refractivity contribution in [2.75, 3.05) is 18.4 Å². The first-order valence-electron chi connectivity index (χ1n) is 9.99. The molecule has 3 N–H and O–H groups in total. The fourth-order valence-electron chi connectivity index (χ4n) is 4.24. The Morgan fingerprint density at radius 1 is 0.923 bits per heavy atom. The maximum Gasteiger partial charge on any atom is 0.0477 e. The van der Waals surface area contributed by atoms with Crippen molar-refractivity contribution < 1.29 is 0 Å². The predicted octanol–water partition coefficient (Wildman–Crippen LogP) is 5.50. The number of aromatic amines is 1. The molecule has 2 heterocycles. The molecule has 1 aliphatic heterocycles. The van der Waals surface area contributed by atoms with Crippen molar-refractivity contribution in [3.05, 3.63) is 59.3 Å². The van der Waals surface area contributed by atoms with Gasteiger partial charge < -0.3 is 15.6 Å². The van der Waals surface area contributed by atoms with Crippen LogP contribution in [0.15, 0.2) is 42.6 Å². The summed E-state index contributed by atoms with van der Waals surface area (Å²) in [7, 11) is 0. The Morgan fingerprint density at radius 2 is 1.65 bits per heavy atom. The number of nitrogens with one attached hydrogen (secondary N) is 3. The van der Waals surface area contributed by atoms with E-state index in [1.165, 1.54) is 46.1 Å². The second kappa shape index (κ2) is 7.55. The molecular weight excluding hydrogens is 318 g/mol. The molecule has 1 saturated heterocycles. The number of anilines is 2. The number of H-pyrrole nitrogens is 1. The van der Waals surface area contributed by atoms with E-state index in [-0.39, 0.29) is 0 Å². The van der Waals surface area contributed by atoms with E-state index in [1.807, 2.05) is 0 Å². The zero-order chi connectivity index (χ0) is 17.9. The van der Waals surface area contributed by atoms with E-state index in [9.17, 15) is 0 Å². The molecule has 136 valence electrons. The normalized spacial score (nSPS) is 15.5. The van der Waals surface area contributed by atoms with Crippen LogP contribution >= 0.6 is 0 Å². The van der Waals surface area contributed by atoms with E-state index >= 15 is 0 Å². The summed E-state index contributed by atoms with van der Waals surface area (Å²) in [5.41, 5.74) is 7.90. The SMILES string of the molecule is CCc1ccc(Nc2ccc3c(C4CCNCC4)c[nH]c3c2)cc1CC. The molecule has 1 aromatic heterocycles. The van der Waals surface area contributed by atoms with E-state index in [1.54, 1.807) is 0 Å². The maximum absolute atomic E-state index is 3.58. The highest BCUT2D eigenvalue weighted by Gasteiger charge is 2.18. The van der Waals surface area contributed by atoms with Crippen LogP contribution in [0.4, 0.5) is 11.4 Å². The fourth-order valence-corrected chi connectivity index (χ4v) is 4.24. The van der Waals surface area contributed by atoms with Crippen LogP contribution in [0.5, 0.6) is 0 Å². The molecule has 0 aliphatic carbocycles.